The summed E-state index contributed by atoms with van der Waals surface area (Å²) in [5.41, 5.74) is 3.14. The van der Waals surface area contributed by atoms with E-state index < -0.39 is 0 Å². The quantitative estimate of drug-likeness (QED) is 0.645. The van der Waals surface area contributed by atoms with Crippen molar-refractivity contribution in [3.05, 3.63) is 76.6 Å². The lowest BCUT2D eigenvalue weighted by Crippen LogP contribution is -2.39. The zero-order chi connectivity index (χ0) is 18.4. The van der Waals surface area contributed by atoms with Crippen molar-refractivity contribution in [1.82, 2.24) is 15.6 Å². The molecule has 1 aromatic heterocycles. The number of carbonyl (C=O) groups excluding carboxylic acids is 1. The number of aromatic nitrogens is 1. The Morgan fingerprint density at radius 3 is 2.35 bits per heavy atom. The first-order valence-corrected chi connectivity index (χ1v) is 9.60. The molecule has 0 bridgehead atoms. The molecule has 26 heavy (non-hydrogen) atoms. The molecule has 2 amide bonds. The van der Waals surface area contributed by atoms with E-state index in [-0.39, 0.29) is 12.1 Å². The molecule has 2 aromatic carbocycles. The fraction of sp³-hybridized carbons (Fsp3) is 0.238. The van der Waals surface area contributed by atoms with E-state index in [2.05, 4.69) is 29.5 Å². The van der Waals surface area contributed by atoms with Gasteiger partial charge in [0.1, 0.15) is 5.01 Å². The van der Waals surface area contributed by atoms with E-state index in [0.717, 1.165) is 21.8 Å². The normalized spacial score (nSPS) is 12.0. The van der Waals surface area contributed by atoms with Gasteiger partial charge in [0.15, 0.2) is 0 Å². The fourth-order valence-electron chi connectivity index (χ4n) is 2.78. The maximum absolute atomic E-state index is 12.3. The van der Waals surface area contributed by atoms with Crippen LogP contribution < -0.4 is 10.6 Å². The van der Waals surface area contributed by atoms with E-state index >= 15 is 0 Å². The van der Waals surface area contributed by atoms with E-state index in [1.165, 1.54) is 0 Å². The van der Waals surface area contributed by atoms with Crippen LogP contribution >= 0.6 is 11.3 Å². The Hall–Kier alpha value is -2.66. The van der Waals surface area contributed by atoms with Crippen LogP contribution in [-0.2, 0) is 6.54 Å². The third-order valence-electron chi connectivity index (χ3n) is 4.13. The number of hydrogen-bond donors (Lipinski definition) is 2. The summed E-state index contributed by atoms with van der Waals surface area (Å²) in [4.78, 5) is 16.9. The molecule has 0 saturated heterocycles. The Labute approximate surface area is 158 Å². The summed E-state index contributed by atoms with van der Waals surface area (Å²) in [6, 6.07) is 19.9. The van der Waals surface area contributed by atoms with Gasteiger partial charge in [-0.1, -0.05) is 74.5 Å². The van der Waals surface area contributed by atoms with Crippen molar-refractivity contribution in [2.24, 2.45) is 5.92 Å². The van der Waals surface area contributed by atoms with Crippen LogP contribution in [0.3, 0.4) is 0 Å². The molecular formula is C21H23N3OS. The second-order valence-corrected chi connectivity index (χ2v) is 7.39. The predicted octanol–water partition coefficient (Wildman–Crippen LogP) is 5.01. The van der Waals surface area contributed by atoms with Crippen LogP contribution in [-0.4, -0.2) is 11.0 Å². The monoisotopic (exact) mass is 365 g/mol. The summed E-state index contributed by atoms with van der Waals surface area (Å²) < 4.78 is 0. The van der Waals surface area contributed by atoms with Crippen LogP contribution in [0, 0.1) is 5.92 Å². The van der Waals surface area contributed by atoms with Crippen LogP contribution in [0.2, 0.25) is 0 Å². The van der Waals surface area contributed by atoms with Crippen molar-refractivity contribution in [3.63, 3.8) is 0 Å². The van der Waals surface area contributed by atoms with Crippen molar-refractivity contribution in [2.75, 3.05) is 0 Å². The molecule has 0 aliphatic heterocycles. The van der Waals surface area contributed by atoms with E-state index in [9.17, 15) is 4.79 Å². The second kappa shape index (κ2) is 8.63. The lowest BCUT2D eigenvalue weighted by Gasteiger charge is -2.23. The van der Waals surface area contributed by atoms with Gasteiger partial charge in [0, 0.05) is 10.9 Å². The number of rotatable bonds is 6. The molecule has 4 nitrogen and oxygen atoms in total. The summed E-state index contributed by atoms with van der Waals surface area (Å²) in [5, 5.41) is 8.89. The predicted molar refractivity (Wildman–Crippen MR) is 107 cm³/mol. The maximum atomic E-state index is 12.3. The zero-order valence-corrected chi connectivity index (χ0v) is 15.8. The summed E-state index contributed by atoms with van der Waals surface area (Å²) in [6.45, 7) is 4.62. The van der Waals surface area contributed by atoms with Gasteiger partial charge in [-0.25, -0.2) is 9.78 Å². The van der Waals surface area contributed by atoms with Crippen LogP contribution in [0.4, 0.5) is 4.79 Å². The lowest BCUT2D eigenvalue weighted by molar-refractivity contribution is 0.232. The highest BCUT2D eigenvalue weighted by Gasteiger charge is 2.18. The topological polar surface area (TPSA) is 54.0 Å². The largest absolute Gasteiger partial charge is 0.332 e. The molecule has 3 rings (SSSR count). The summed E-state index contributed by atoms with van der Waals surface area (Å²) >= 11 is 1.55. The molecule has 0 saturated carbocycles. The number of hydrogen-bond acceptors (Lipinski definition) is 3. The first-order valence-electron chi connectivity index (χ1n) is 8.72. The number of nitrogens with one attached hydrogen (secondary N) is 2. The van der Waals surface area contributed by atoms with Gasteiger partial charge in [-0.05, 0) is 11.5 Å². The number of amides is 2. The van der Waals surface area contributed by atoms with Crippen molar-refractivity contribution < 1.29 is 4.79 Å². The molecule has 2 N–H and O–H groups in total. The van der Waals surface area contributed by atoms with Crippen molar-refractivity contribution in [2.45, 2.75) is 26.4 Å². The molecule has 0 radical (unpaired) electrons. The molecule has 3 aromatic rings. The highest BCUT2D eigenvalue weighted by atomic mass is 32.1. The average molecular weight is 366 g/mol. The molecule has 1 atom stereocenters. The minimum Gasteiger partial charge on any atom is -0.332 e. The molecule has 0 spiro atoms. The van der Waals surface area contributed by atoms with E-state index in [4.69, 9.17) is 0 Å². The average Bonchev–Trinajstić information content (AvgIpc) is 3.15. The Balaban J connectivity index is 1.58. The van der Waals surface area contributed by atoms with Crippen molar-refractivity contribution in [3.8, 4) is 11.3 Å². The molecule has 0 aliphatic carbocycles. The van der Waals surface area contributed by atoms with Gasteiger partial charge in [0.25, 0.3) is 0 Å². The van der Waals surface area contributed by atoms with Gasteiger partial charge in [0.05, 0.1) is 18.3 Å². The Morgan fingerprint density at radius 1 is 1.04 bits per heavy atom. The smallest absolute Gasteiger partial charge is 0.315 e. The third kappa shape index (κ3) is 4.70. The summed E-state index contributed by atoms with van der Waals surface area (Å²) in [5.74, 6) is 0.299. The molecule has 0 aliphatic rings. The minimum absolute atomic E-state index is 0.0209. The third-order valence-corrected chi connectivity index (χ3v) is 4.98. The fourth-order valence-corrected chi connectivity index (χ4v) is 3.52. The van der Waals surface area contributed by atoms with Gasteiger partial charge in [-0.2, -0.15) is 0 Å². The van der Waals surface area contributed by atoms with Gasteiger partial charge in [0.2, 0.25) is 0 Å². The van der Waals surface area contributed by atoms with Crippen molar-refractivity contribution in [1.29, 1.82) is 0 Å². The van der Waals surface area contributed by atoms with Gasteiger partial charge >= 0.3 is 6.03 Å². The highest BCUT2D eigenvalue weighted by molar-refractivity contribution is 7.09. The molecule has 1 heterocycles. The van der Waals surface area contributed by atoms with E-state index in [1.807, 2.05) is 66.0 Å². The molecule has 0 fully saturated rings. The SMILES string of the molecule is CC(C)C(NC(=O)NCc1nc(-c2ccccc2)cs1)c1ccccc1. The first kappa shape index (κ1) is 18.1. The Kier molecular flexibility index (Phi) is 6.02. The minimum atomic E-state index is -0.177. The standard InChI is InChI=1S/C21H23N3OS/c1-15(2)20(17-11-7-4-8-12-17)24-21(25)22-13-19-23-18(14-26-19)16-9-5-3-6-10-16/h3-12,14-15,20H,13H2,1-2H3,(H2,22,24,25). The van der Waals surface area contributed by atoms with Gasteiger partial charge in [-0.15, -0.1) is 11.3 Å². The number of benzene rings is 2. The van der Waals surface area contributed by atoms with Crippen LogP contribution in [0.5, 0.6) is 0 Å². The second-order valence-electron chi connectivity index (χ2n) is 6.45. The van der Waals surface area contributed by atoms with E-state index in [1.54, 1.807) is 11.3 Å². The number of carbonyl (C=O) groups is 1. The van der Waals surface area contributed by atoms with Crippen molar-refractivity contribution >= 4 is 17.4 Å². The Morgan fingerprint density at radius 2 is 1.69 bits per heavy atom. The summed E-state index contributed by atoms with van der Waals surface area (Å²) in [7, 11) is 0. The Bertz CT molecular complexity index is 831. The van der Waals surface area contributed by atoms with E-state index in [0.29, 0.717) is 12.5 Å². The van der Waals surface area contributed by atoms with Crippen LogP contribution in [0.15, 0.2) is 66.0 Å². The molecule has 1 unspecified atom stereocenters. The first-order chi connectivity index (χ1) is 12.6. The van der Waals surface area contributed by atoms with Gasteiger partial charge in [-0.3, -0.25) is 0 Å². The number of thiazole rings is 1. The molecule has 5 heteroatoms. The van der Waals surface area contributed by atoms with Gasteiger partial charge < -0.3 is 10.6 Å². The summed E-state index contributed by atoms with van der Waals surface area (Å²) in [6.07, 6.45) is 0. The maximum Gasteiger partial charge on any atom is 0.315 e. The highest BCUT2D eigenvalue weighted by Crippen LogP contribution is 2.22. The van der Waals surface area contributed by atoms with Crippen LogP contribution in [0.25, 0.3) is 11.3 Å². The molecular weight excluding hydrogens is 342 g/mol. The van der Waals surface area contributed by atoms with Crippen LogP contribution in [0.1, 0.15) is 30.5 Å². The number of nitrogens with zero attached hydrogens (tertiary/aromatic N) is 1. The molecule has 134 valence electrons. The number of urea groups is 1. The zero-order valence-electron chi connectivity index (χ0n) is 15.0. The lowest BCUT2D eigenvalue weighted by atomic mass is 9.96.